The van der Waals surface area contributed by atoms with E-state index in [2.05, 4.69) is 5.10 Å². The van der Waals surface area contributed by atoms with Gasteiger partial charge in [0.1, 0.15) is 5.69 Å². The molecule has 0 amide bonds. The first-order chi connectivity index (χ1) is 9.95. The van der Waals surface area contributed by atoms with Crippen LogP contribution in [0.1, 0.15) is 18.2 Å². The second kappa shape index (κ2) is 6.13. The maximum absolute atomic E-state index is 11.3. The summed E-state index contributed by atoms with van der Waals surface area (Å²) in [5, 5.41) is 16.2. The van der Waals surface area contributed by atoms with Gasteiger partial charge in [-0.25, -0.2) is 4.68 Å². The number of nitro groups is 1. The van der Waals surface area contributed by atoms with E-state index in [9.17, 15) is 10.1 Å². The Hall–Kier alpha value is -2.08. The third kappa shape index (κ3) is 3.00. The zero-order chi connectivity index (χ0) is 15.6. The Bertz CT molecular complexity index is 669. The van der Waals surface area contributed by atoms with Crippen molar-refractivity contribution in [1.29, 1.82) is 0 Å². The predicted molar refractivity (Wildman–Crippen MR) is 82.8 cm³/mol. The molecule has 7 heteroatoms. The van der Waals surface area contributed by atoms with Crippen molar-refractivity contribution >= 4 is 23.1 Å². The van der Waals surface area contributed by atoms with Gasteiger partial charge in [0.2, 0.25) is 5.82 Å². The van der Waals surface area contributed by atoms with Crippen molar-refractivity contribution < 1.29 is 4.92 Å². The van der Waals surface area contributed by atoms with Crippen molar-refractivity contribution in [3.05, 3.63) is 50.7 Å². The van der Waals surface area contributed by atoms with Crippen LogP contribution >= 0.6 is 11.6 Å². The monoisotopic (exact) mass is 308 g/mol. The lowest BCUT2D eigenvalue weighted by Crippen LogP contribution is -2.20. The van der Waals surface area contributed by atoms with Crippen molar-refractivity contribution in [2.45, 2.75) is 19.9 Å². The number of rotatable bonds is 5. The van der Waals surface area contributed by atoms with Gasteiger partial charge in [-0.3, -0.25) is 10.1 Å². The normalized spacial score (nSPS) is 10.7. The molecule has 21 heavy (non-hydrogen) atoms. The SMILES string of the molecule is CCc1nn(C)c(N(C)Cc2ccccc2Cl)c1[N+](=O)[O-]. The summed E-state index contributed by atoms with van der Waals surface area (Å²) in [6.45, 7) is 2.33. The molecule has 2 aromatic rings. The minimum Gasteiger partial charge on any atom is -0.350 e. The van der Waals surface area contributed by atoms with Gasteiger partial charge in [-0.1, -0.05) is 36.7 Å². The molecule has 0 radical (unpaired) electrons. The summed E-state index contributed by atoms with van der Waals surface area (Å²) < 4.78 is 1.55. The summed E-state index contributed by atoms with van der Waals surface area (Å²) in [5.41, 5.74) is 1.47. The fourth-order valence-corrected chi connectivity index (χ4v) is 2.56. The van der Waals surface area contributed by atoms with Gasteiger partial charge in [-0.05, 0) is 18.1 Å². The smallest absolute Gasteiger partial charge is 0.334 e. The molecule has 0 unspecified atom stereocenters. The van der Waals surface area contributed by atoms with E-state index in [-0.39, 0.29) is 10.6 Å². The van der Waals surface area contributed by atoms with Crippen LogP contribution in [0, 0.1) is 10.1 Å². The number of aromatic nitrogens is 2. The van der Waals surface area contributed by atoms with Crippen LogP contribution in [0.15, 0.2) is 24.3 Å². The van der Waals surface area contributed by atoms with Gasteiger partial charge in [0.25, 0.3) is 0 Å². The van der Waals surface area contributed by atoms with Crippen LogP contribution in [0.5, 0.6) is 0 Å². The summed E-state index contributed by atoms with van der Waals surface area (Å²) in [7, 11) is 3.51. The van der Waals surface area contributed by atoms with Crippen molar-refractivity contribution in [1.82, 2.24) is 9.78 Å². The minimum absolute atomic E-state index is 0.0644. The number of halogens is 1. The van der Waals surface area contributed by atoms with E-state index < -0.39 is 0 Å². The molecule has 0 spiro atoms. The number of hydrogen-bond donors (Lipinski definition) is 0. The molecule has 1 heterocycles. The lowest BCUT2D eigenvalue weighted by atomic mass is 10.2. The van der Waals surface area contributed by atoms with Crippen LogP contribution in [0.2, 0.25) is 5.02 Å². The Kier molecular flexibility index (Phi) is 4.47. The topological polar surface area (TPSA) is 64.2 Å². The maximum atomic E-state index is 11.3. The first kappa shape index (κ1) is 15.3. The van der Waals surface area contributed by atoms with E-state index in [0.29, 0.717) is 29.5 Å². The molecule has 0 atom stereocenters. The highest BCUT2D eigenvalue weighted by molar-refractivity contribution is 6.31. The van der Waals surface area contributed by atoms with Crippen LogP contribution in [0.3, 0.4) is 0 Å². The van der Waals surface area contributed by atoms with Crippen molar-refractivity contribution in [3.8, 4) is 0 Å². The first-order valence-corrected chi connectivity index (χ1v) is 6.98. The van der Waals surface area contributed by atoms with Crippen LogP contribution in [-0.2, 0) is 20.0 Å². The zero-order valence-electron chi connectivity index (χ0n) is 12.2. The highest BCUT2D eigenvalue weighted by Crippen LogP contribution is 2.32. The molecule has 0 N–H and O–H groups in total. The largest absolute Gasteiger partial charge is 0.350 e. The average molecular weight is 309 g/mol. The molecule has 2 rings (SSSR count). The minimum atomic E-state index is -0.371. The molecular weight excluding hydrogens is 292 g/mol. The number of nitrogens with zero attached hydrogens (tertiary/aromatic N) is 4. The fraction of sp³-hybridized carbons (Fsp3) is 0.357. The first-order valence-electron chi connectivity index (χ1n) is 6.60. The van der Waals surface area contributed by atoms with Gasteiger partial charge < -0.3 is 4.90 Å². The number of aryl methyl sites for hydroxylation is 2. The van der Waals surface area contributed by atoms with E-state index >= 15 is 0 Å². The number of benzene rings is 1. The Morgan fingerprint density at radius 1 is 1.43 bits per heavy atom. The Balaban J connectivity index is 2.40. The Morgan fingerprint density at radius 3 is 2.67 bits per heavy atom. The molecule has 0 saturated carbocycles. The molecular formula is C14H17ClN4O2. The van der Waals surface area contributed by atoms with Gasteiger partial charge in [-0.2, -0.15) is 5.10 Å². The second-order valence-electron chi connectivity index (χ2n) is 4.80. The van der Waals surface area contributed by atoms with Crippen LogP contribution in [0.4, 0.5) is 11.5 Å². The third-order valence-electron chi connectivity index (χ3n) is 3.31. The van der Waals surface area contributed by atoms with Gasteiger partial charge in [-0.15, -0.1) is 0 Å². The fourth-order valence-electron chi connectivity index (χ4n) is 2.37. The van der Waals surface area contributed by atoms with Crippen molar-refractivity contribution in [2.24, 2.45) is 7.05 Å². The Morgan fingerprint density at radius 2 is 2.10 bits per heavy atom. The van der Waals surface area contributed by atoms with Gasteiger partial charge in [0.05, 0.1) is 4.92 Å². The summed E-state index contributed by atoms with van der Waals surface area (Å²) >= 11 is 6.15. The standard InChI is InChI=1S/C14H17ClN4O2/c1-4-12-13(19(20)21)14(18(3)16-12)17(2)9-10-7-5-6-8-11(10)15/h5-8H,4,9H2,1-3H3. The summed E-state index contributed by atoms with van der Waals surface area (Å²) in [4.78, 5) is 12.8. The highest BCUT2D eigenvalue weighted by atomic mass is 35.5. The summed E-state index contributed by atoms with van der Waals surface area (Å²) in [6.07, 6.45) is 0.518. The van der Waals surface area contributed by atoms with Gasteiger partial charge in [0.15, 0.2) is 0 Å². The van der Waals surface area contributed by atoms with E-state index in [4.69, 9.17) is 11.6 Å². The predicted octanol–water partition coefficient (Wildman–Crippen LogP) is 3.18. The maximum Gasteiger partial charge on any atom is 0.334 e. The summed E-state index contributed by atoms with van der Waals surface area (Å²) in [5.74, 6) is 0.483. The van der Waals surface area contributed by atoms with E-state index in [1.165, 1.54) is 0 Å². The van der Waals surface area contributed by atoms with Crippen molar-refractivity contribution in [3.63, 3.8) is 0 Å². The molecule has 0 saturated heterocycles. The lowest BCUT2D eigenvalue weighted by Gasteiger charge is -2.19. The molecule has 1 aromatic carbocycles. The highest BCUT2D eigenvalue weighted by Gasteiger charge is 2.28. The van der Waals surface area contributed by atoms with Gasteiger partial charge in [0, 0.05) is 25.7 Å². The second-order valence-corrected chi connectivity index (χ2v) is 5.21. The van der Waals surface area contributed by atoms with Crippen LogP contribution in [-0.4, -0.2) is 21.8 Å². The number of anilines is 1. The van der Waals surface area contributed by atoms with E-state index in [1.807, 2.05) is 25.1 Å². The van der Waals surface area contributed by atoms with Crippen LogP contribution < -0.4 is 4.90 Å². The molecule has 112 valence electrons. The molecule has 0 aliphatic carbocycles. The van der Waals surface area contributed by atoms with Crippen LogP contribution in [0.25, 0.3) is 0 Å². The number of hydrogen-bond acceptors (Lipinski definition) is 4. The van der Waals surface area contributed by atoms with E-state index in [1.54, 1.807) is 29.7 Å². The van der Waals surface area contributed by atoms with Gasteiger partial charge >= 0.3 is 5.69 Å². The molecule has 0 aliphatic heterocycles. The Labute approximate surface area is 128 Å². The average Bonchev–Trinajstić information content (AvgIpc) is 2.78. The summed E-state index contributed by atoms with van der Waals surface area (Å²) in [6, 6.07) is 7.46. The molecule has 0 aliphatic rings. The molecule has 6 nitrogen and oxygen atoms in total. The molecule has 1 aromatic heterocycles. The zero-order valence-corrected chi connectivity index (χ0v) is 13.0. The quantitative estimate of drug-likeness (QED) is 0.628. The molecule has 0 fully saturated rings. The molecule has 0 bridgehead atoms. The third-order valence-corrected chi connectivity index (χ3v) is 3.68. The van der Waals surface area contributed by atoms with Crippen molar-refractivity contribution in [2.75, 3.05) is 11.9 Å². The lowest BCUT2D eigenvalue weighted by molar-refractivity contribution is -0.384. The van der Waals surface area contributed by atoms with E-state index in [0.717, 1.165) is 5.56 Å².